The smallest absolute Gasteiger partial charge is 0.232 e. The van der Waals surface area contributed by atoms with Gasteiger partial charge in [-0.05, 0) is 19.8 Å². The van der Waals surface area contributed by atoms with Gasteiger partial charge in [0.2, 0.25) is 15.9 Å². The zero-order valence-electron chi connectivity index (χ0n) is 15.0. The Kier molecular flexibility index (Phi) is 4.84. The molecule has 0 atom stereocenters. The van der Waals surface area contributed by atoms with Gasteiger partial charge in [-0.2, -0.15) is 4.98 Å². The van der Waals surface area contributed by atoms with Crippen molar-refractivity contribution in [3.05, 3.63) is 27.8 Å². The van der Waals surface area contributed by atoms with Crippen LogP contribution in [0, 0.1) is 6.92 Å². The Morgan fingerprint density at radius 3 is 2.62 bits per heavy atom. The number of hydrogen-bond acceptors (Lipinski definition) is 8. The Bertz CT molecular complexity index is 864. The highest BCUT2D eigenvalue weighted by Gasteiger charge is 2.34. The molecule has 0 unspecified atom stereocenters. The third-order valence-electron chi connectivity index (χ3n) is 5.26. The molecule has 2 aliphatic heterocycles. The van der Waals surface area contributed by atoms with Gasteiger partial charge in [-0.1, -0.05) is 5.16 Å². The van der Waals surface area contributed by atoms with Crippen molar-refractivity contribution in [2.75, 3.05) is 32.4 Å². The van der Waals surface area contributed by atoms with Crippen LogP contribution in [0.3, 0.4) is 0 Å². The summed E-state index contributed by atoms with van der Waals surface area (Å²) in [5, 5.41) is 4.16. The lowest BCUT2D eigenvalue weighted by atomic mass is 9.97. The molecule has 0 saturated carbocycles. The summed E-state index contributed by atoms with van der Waals surface area (Å²) in [5.41, 5.74) is 3.00. The summed E-state index contributed by atoms with van der Waals surface area (Å²) < 4.78 is 30.2. The Morgan fingerprint density at radius 2 is 2.00 bits per heavy atom. The number of rotatable bonds is 5. The van der Waals surface area contributed by atoms with Crippen molar-refractivity contribution in [1.82, 2.24) is 24.3 Å². The van der Waals surface area contributed by atoms with E-state index in [-0.39, 0.29) is 5.92 Å². The highest BCUT2D eigenvalue weighted by Crippen LogP contribution is 2.31. The van der Waals surface area contributed by atoms with Crippen LogP contribution in [0.15, 0.2) is 10.0 Å². The monoisotopic (exact) mass is 397 g/mol. The van der Waals surface area contributed by atoms with Crippen molar-refractivity contribution in [3.8, 4) is 0 Å². The Morgan fingerprint density at radius 1 is 1.27 bits per heavy atom. The number of piperidine rings is 1. The average Bonchev–Trinajstić information content (AvgIpc) is 3.19. The van der Waals surface area contributed by atoms with E-state index in [9.17, 15) is 8.42 Å². The van der Waals surface area contributed by atoms with E-state index in [2.05, 4.69) is 20.0 Å². The van der Waals surface area contributed by atoms with Gasteiger partial charge >= 0.3 is 0 Å². The molecule has 10 heteroatoms. The molecule has 4 heterocycles. The van der Waals surface area contributed by atoms with Crippen LogP contribution in [0.2, 0.25) is 0 Å². The van der Waals surface area contributed by atoms with Crippen LogP contribution < -0.4 is 0 Å². The molecule has 2 saturated heterocycles. The maximum atomic E-state index is 11.6. The largest absolute Gasteiger partial charge is 0.339 e. The number of sulfonamides is 1. The van der Waals surface area contributed by atoms with Crippen LogP contribution in [-0.2, 0) is 16.6 Å². The molecule has 0 aromatic carbocycles. The number of hydrogen-bond donors (Lipinski definition) is 0. The molecular formula is C16H23N5O3S2. The van der Waals surface area contributed by atoms with E-state index in [1.54, 1.807) is 11.3 Å². The summed E-state index contributed by atoms with van der Waals surface area (Å²) in [6.07, 6.45) is 2.75. The van der Waals surface area contributed by atoms with Gasteiger partial charge in [0.25, 0.3) is 0 Å². The third-order valence-corrected chi connectivity index (χ3v) is 7.49. The number of thiazole rings is 1. The van der Waals surface area contributed by atoms with Gasteiger partial charge in [0.15, 0.2) is 5.82 Å². The zero-order chi connectivity index (χ0) is 18.3. The molecule has 0 amide bonds. The normalized spacial score (nSPS) is 21.2. The summed E-state index contributed by atoms with van der Waals surface area (Å²) in [6.45, 7) is 5.87. The Hall–Kier alpha value is -1.36. The van der Waals surface area contributed by atoms with Crippen molar-refractivity contribution < 1.29 is 12.9 Å². The minimum atomic E-state index is -3.11. The lowest BCUT2D eigenvalue weighted by Crippen LogP contribution is -2.44. The fourth-order valence-corrected chi connectivity index (χ4v) is 5.25. The predicted molar refractivity (Wildman–Crippen MR) is 97.6 cm³/mol. The Balaban J connectivity index is 1.30. The molecular weight excluding hydrogens is 374 g/mol. The van der Waals surface area contributed by atoms with E-state index in [4.69, 9.17) is 4.52 Å². The maximum absolute atomic E-state index is 11.6. The lowest BCUT2D eigenvalue weighted by molar-refractivity contribution is 0.118. The van der Waals surface area contributed by atoms with Crippen molar-refractivity contribution >= 4 is 21.4 Å². The average molecular weight is 398 g/mol. The van der Waals surface area contributed by atoms with Crippen LogP contribution in [0.4, 0.5) is 0 Å². The second-order valence-corrected chi connectivity index (χ2v) is 10.1. The summed E-state index contributed by atoms with van der Waals surface area (Å²) >= 11 is 1.70. The standard InChI is InChI=1S/C16H23N5O3S2/c1-11-14(25-10-17-11)9-20-7-13(8-20)16-18-15(19-24-16)12-3-5-21(6-4-12)26(2,22)23/h10,12-13H,3-9H2,1-2H3. The van der Waals surface area contributed by atoms with E-state index < -0.39 is 10.0 Å². The fraction of sp³-hybridized carbons (Fsp3) is 0.688. The minimum absolute atomic E-state index is 0.182. The summed E-state index contributed by atoms with van der Waals surface area (Å²) in [5.74, 6) is 1.91. The molecule has 142 valence electrons. The molecule has 0 radical (unpaired) electrons. The predicted octanol–water partition coefficient (Wildman–Crippen LogP) is 1.57. The van der Waals surface area contributed by atoms with E-state index in [1.165, 1.54) is 15.4 Å². The quantitative estimate of drug-likeness (QED) is 0.756. The molecule has 2 aromatic rings. The highest BCUT2D eigenvalue weighted by atomic mass is 32.2. The first-order valence-corrected chi connectivity index (χ1v) is 11.5. The first kappa shape index (κ1) is 18.0. The van der Waals surface area contributed by atoms with Gasteiger partial charge in [0.05, 0.1) is 23.4 Å². The van der Waals surface area contributed by atoms with E-state index in [1.807, 2.05) is 12.4 Å². The first-order valence-electron chi connectivity index (χ1n) is 8.80. The second kappa shape index (κ2) is 6.99. The molecule has 0 aliphatic carbocycles. The van der Waals surface area contributed by atoms with Crippen molar-refractivity contribution in [2.45, 2.75) is 38.1 Å². The van der Waals surface area contributed by atoms with Crippen LogP contribution in [0.1, 0.15) is 47.0 Å². The zero-order valence-corrected chi connectivity index (χ0v) is 16.6. The molecule has 8 nitrogen and oxygen atoms in total. The minimum Gasteiger partial charge on any atom is -0.339 e. The molecule has 2 fully saturated rings. The molecule has 0 N–H and O–H groups in total. The number of aromatic nitrogens is 3. The van der Waals surface area contributed by atoms with Crippen molar-refractivity contribution in [3.63, 3.8) is 0 Å². The van der Waals surface area contributed by atoms with Crippen LogP contribution in [0.25, 0.3) is 0 Å². The lowest BCUT2D eigenvalue weighted by Gasteiger charge is -2.36. The van der Waals surface area contributed by atoms with Gasteiger partial charge in [0, 0.05) is 43.5 Å². The van der Waals surface area contributed by atoms with Crippen LogP contribution in [-0.4, -0.2) is 65.2 Å². The SMILES string of the molecule is Cc1ncsc1CN1CC(c2nc(C3CCN(S(C)(=O)=O)CC3)no2)C1. The van der Waals surface area contributed by atoms with Gasteiger partial charge in [-0.3, -0.25) is 4.90 Å². The molecule has 2 aromatic heterocycles. The third kappa shape index (κ3) is 3.68. The van der Waals surface area contributed by atoms with Crippen LogP contribution >= 0.6 is 11.3 Å². The molecule has 0 spiro atoms. The van der Waals surface area contributed by atoms with E-state index in [0.29, 0.717) is 24.9 Å². The number of nitrogens with zero attached hydrogens (tertiary/aromatic N) is 5. The maximum Gasteiger partial charge on any atom is 0.232 e. The summed E-state index contributed by atoms with van der Waals surface area (Å²) in [7, 11) is -3.11. The Labute approximate surface area is 157 Å². The van der Waals surface area contributed by atoms with Crippen molar-refractivity contribution in [2.24, 2.45) is 0 Å². The molecule has 26 heavy (non-hydrogen) atoms. The van der Waals surface area contributed by atoms with Gasteiger partial charge in [-0.15, -0.1) is 11.3 Å². The van der Waals surface area contributed by atoms with E-state index >= 15 is 0 Å². The van der Waals surface area contributed by atoms with Crippen LogP contribution in [0.5, 0.6) is 0 Å². The van der Waals surface area contributed by atoms with Crippen molar-refractivity contribution in [1.29, 1.82) is 0 Å². The highest BCUT2D eigenvalue weighted by molar-refractivity contribution is 7.88. The summed E-state index contributed by atoms with van der Waals surface area (Å²) in [4.78, 5) is 12.6. The van der Waals surface area contributed by atoms with E-state index in [0.717, 1.165) is 44.0 Å². The topological polar surface area (TPSA) is 92.4 Å². The molecule has 2 aliphatic rings. The first-order chi connectivity index (χ1) is 12.4. The number of likely N-dealkylation sites (tertiary alicyclic amines) is 1. The fourth-order valence-electron chi connectivity index (χ4n) is 3.56. The second-order valence-electron chi connectivity index (χ2n) is 7.18. The van der Waals surface area contributed by atoms with Gasteiger partial charge < -0.3 is 4.52 Å². The number of aryl methyl sites for hydroxylation is 1. The summed E-state index contributed by atoms with van der Waals surface area (Å²) in [6, 6.07) is 0. The van der Waals surface area contributed by atoms with Gasteiger partial charge in [-0.25, -0.2) is 17.7 Å². The molecule has 0 bridgehead atoms. The van der Waals surface area contributed by atoms with Gasteiger partial charge in [0.1, 0.15) is 0 Å². The molecule has 4 rings (SSSR count).